The van der Waals surface area contributed by atoms with Crippen molar-refractivity contribution >= 4 is 23.6 Å². The Labute approximate surface area is 164 Å². The van der Waals surface area contributed by atoms with E-state index in [1.807, 2.05) is 12.1 Å². The highest BCUT2D eigenvalue weighted by molar-refractivity contribution is 5.97. The van der Waals surface area contributed by atoms with E-state index in [1.54, 1.807) is 6.08 Å². The number of amides is 2. The third-order valence-electron chi connectivity index (χ3n) is 4.70. The number of rotatable bonds is 4. The van der Waals surface area contributed by atoms with Gasteiger partial charge >= 0.3 is 0 Å². The van der Waals surface area contributed by atoms with Gasteiger partial charge in [0.2, 0.25) is 0 Å². The smallest absolute Gasteiger partial charge is 0.269 e. The maximum atomic E-state index is 12.9. The maximum Gasteiger partial charge on any atom is 0.269 e. The van der Waals surface area contributed by atoms with Crippen LogP contribution in [-0.2, 0) is 4.79 Å². The number of carbonyl (C=O) groups excluding carboxylic acids is 2. The second-order valence-electron chi connectivity index (χ2n) is 6.78. The first kappa shape index (κ1) is 19.6. The monoisotopic (exact) mass is 381 g/mol. The van der Waals surface area contributed by atoms with Gasteiger partial charge in [-0.1, -0.05) is 25.0 Å². The molecule has 2 aromatic rings. The zero-order chi connectivity index (χ0) is 19.8. The predicted octanol–water partition coefficient (Wildman–Crippen LogP) is 3.68. The molecule has 2 aromatic carbocycles. The molecule has 0 aliphatic carbocycles. The van der Waals surface area contributed by atoms with Gasteiger partial charge in [0.05, 0.1) is 0 Å². The highest BCUT2D eigenvalue weighted by Gasteiger charge is 2.09. The molecule has 0 spiro atoms. The van der Waals surface area contributed by atoms with Gasteiger partial charge < -0.3 is 4.90 Å². The number of benzene rings is 2. The van der Waals surface area contributed by atoms with E-state index < -0.39 is 17.6 Å². The van der Waals surface area contributed by atoms with Crippen LogP contribution in [0.15, 0.2) is 54.6 Å². The highest BCUT2D eigenvalue weighted by Crippen LogP contribution is 2.20. The summed E-state index contributed by atoms with van der Waals surface area (Å²) in [6.45, 7) is 2.18. The molecule has 1 aliphatic rings. The summed E-state index contributed by atoms with van der Waals surface area (Å²) in [6, 6.07) is 13.1. The summed E-state index contributed by atoms with van der Waals surface area (Å²) in [7, 11) is 0. The fourth-order valence-corrected chi connectivity index (χ4v) is 3.13. The fourth-order valence-electron chi connectivity index (χ4n) is 3.13. The van der Waals surface area contributed by atoms with Crippen molar-refractivity contribution in [3.63, 3.8) is 0 Å². The number of halogens is 1. The lowest BCUT2D eigenvalue weighted by Crippen LogP contribution is -2.40. The van der Waals surface area contributed by atoms with E-state index in [0.29, 0.717) is 0 Å². The van der Waals surface area contributed by atoms with Gasteiger partial charge in [0.25, 0.3) is 11.8 Å². The van der Waals surface area contributed by atoms with Crippen molar-refractivity contribution in [2.45, 2.75) is 25.7 Å². The first-order chi connectivity index (χ1) is 13.6. The molecular formula is C22H24FN3O2. The first-order valence-electron chi connectivity index (χ1n) is 9.51. The molecule has 6 heteroatoms. The molecule has 2 N–H and O–H groups in total. The van der Waals surface area contributed by atoms with Crippen molar-refractivity contribution in [2.24, 2.45) is 0 Å². The summed E-state index contributed by atoms with van der Waals surface area (Å²) in [6.07, 6.45) is 8.09. The van der Waals surface area contributed by atoms with Crippen LogP contribution in [0.1, 0.15) is 41.6 Å². The molecule has 146 valence electrons. The van der Waals surface area contributed by atoms with Crippen LogP contribution in [0.3, 0.4) is 0 Å². The van der Waals surface area contributed by atoms with Crippen LogP contribution in [-0.4, -0.2) is 24.9 Å². The molecule has 5 nitrogen and oxygen atoms in total. The number of hydrazine groups is 1. The average Bonchev–Trinajstić information content (AvgIpc) is 3.01. The summed E-state index contributed by atoms with van der Waals surface area (Å²) in [5, 5.41) is 0. The number of carbonyl (C=O) groups is 2. The number of anilines is 1. The Balaban J connectivity index is 1.49. The molecule has 1 aliphatic heterocycles. The van der Waals surface area contributed by atoms with Crippen LogP contribution < -0.4 is 15.8 Å². The van der Waals surface area contributed by atoms with Crippen molar-refractivity contribution < 1.29 is 14.0 Å². The molecule has 0 aromatic heterocycles. The van der Waals surface area contributed by atoms with Crippen LogP contribution in [0.5, 0.6) is 0 Å². The number of nitrogens with zero attached hydrogens (tertiary/aromatic N) is 1. The Hall–Kier alpha value is -3.15. The van der Waals surface area contributed by atoms with Gasteiger partial charge in [-0.05, 0) is 60.9 Å². The predicted molar refractivity (Wildman–Crippen MR) is 108 cm³/mol. The molecule has 2 amide bonds. The normalized spacial score (nSPS) is 14.5. The van der Waals surface area contributed by atoms with Crippen molar-refractivity contribution in [1.82, 2.24) is 10.9 Å². The minimum absolute atomic E-state index is 0.259. The Morgan fingerprint density at radius 1 is 0.857 bits per heavy atom. The lowest BCUT2D eigenvalue weighted by atomic mass is 10.1. The zero-order valence-electron chi connectivity index (χ0n) is 15.7. The molecule has 0 radical (unpaired) electrons. The Kier molecular flexibility index (Phi) is 6.78. The summed E-state index contributed by atoms with van der Waals surface area (Å²) < 4.78 is 12.9. The molecule has 0 saturated carbocycles. The van der Waals surface area contributed by atoms with E-state index in [4.69, 9.17) is 0 Å². The molecule has 0 bridgehead atoms. The minimum Gasteiger partial charge on any atom is -0.372 e. The molecule has 3 rings (SSSR count). The van der Waals surface area contributed by atoms with Crippen LogP contribution in [0.25, 0.3) is 6.08 Å². The topological polar surface area (TPSA) is 61.4 Å². The lowest BCUT2D eigenvalue weighted by molar-refractivity contribution is -0.117. The Morgan fingerprint density at radius 3 is 2.14 bits per heavy atom. The van der Waals surface area contributed by atoms with E-state index in [1.165, 1.54) is 61.7 Å². The summed E-state index contributed by atoms with van der Waals surface area (Å²) >= 11 is 0. The van der Waals surface area contributed by atoms with Gasteiger partial charge in [-0.3, -0.25) is 20.4 Å². The minimum atomic E-state index is -0.511. The van der Waals surface area contributed by atoms with E-state index in [-0.39, 0.29) is 5.56 Å². The summed E-state index contributed by atoms with van der Waals surface area (Å²) in [5.74, 6) is -1.39. The number of hydrogen-bond donors (Lipinski definition) is 2. The maximum absolute atomic E-state index is 12.9. The highest BCUT2D eigenvalue weighted by atomic mass is 19.1. The fraction of sp³-hybridized carbons (Fsp3) is 0.273. The molecule has 0 atom stereocenters. The van der Waals surface area contributed by atoms with Gasteiger partial charge in [-0.25, -0.2) is 4.39 Å². The van der Waals surface area contributed by atoms with Crippen LogP contribution in [0.4, 0.5) is 10.1 Å². The molecule has 0 unspecified atom stereocenters. The quantitative estimate of drug-likeness (QED) is 0.627. The van der Waals surface area contributed by atoms with Gasteiger partial charge in [0.1, 0.15) is 5.82 Å². The largest absolute Gasteiger partial charge is 0.372 e. The van der Waals surface area contributed by atoms with Crippen LogP contribution in [0.2, 0.25) is 0 Å². The Morgan fingerprint density at radius 2 is 1.50 bits per heavy atom. The first-order valence-corrected chi connectivity index (χ1v) is 9.51. The molecule has 1 heterocycles. The summed E-state index contributed by atoms with van der Waals surface area (Å²) in [4.78, 5) is 26.1. The SMILES string of the molecule is O=C(/C=C/c1ccc(N2CCCCCC2)cc1)NNC(=O)c1ccc(F)cc1. The second-order valence-corrected chi connectivity index (χ2v) is 6.78. The van der Waals surface area contributed by atoms with Gasteiger partial charge in [-0.15, -0.1) is 0 Å². The van der Waals surface area contributed by atoms with E-state index >= 15 is 0 Å². The van der Waals surface area contributed by atoms with Crippen molar-refractivity contribution in [2.75, 3.05) is 18.0 Å². The van der Waals surface area contributed by atoms with Crippen LogP contribution in [0, 0.1) is 5.82 Å². The Bertz CT molecular complexity index is 824. The molecule has 28 heavy (non-hydrogen) atoms. The average molecular weight is 381 g/mol. The molecular weight excluding hydrogens is 357 g/mol. The second kappa shape index (κ2) is 9.69. The third kappa shape index (κ3) is 5.67. The third-order valence-corrected chi connectivity index (χ3v) is 4.70. The van der Waals surface area contributed by atoms with E-state index in [2.05, 4.69) is 27.9 Å². The van der Waals surface area contributed by atoms with Crippen LogP contribution >= 0.6 is 0 Å². The van der Waals surface area contributed by atoms with Gasteiger partial charge in [0, 0.05) is 30.4 Å². The van der Waals surface area contributed by atoms with Crippen molar-refractivity contribution in [1.29, 1.82) is 0 Å². The van der Waals surface area contributed by atoms with Gasteiger partial charge in [-0.2, -0.15) is 0 Å². The molecule has 1 saturated heterocycles. The number of nitrogens with one attached hydrogen (secondary N) is 2. The van der Waals surface area contributed by atoms with Gasteiger partial charge in [0.15, 0.2) is 0 Å². The van der Waals surface area contributed by atoms with E-state index in [9.17, 15) is 14.0 Å². The zero-order valence-corrected chi connectivity index (χ0v) is 15.7. The molecule has 1 fully saturated rings. The van der Waals surface area contributed by atoms with Crippen molar-refractivity contribution in [3.8, 4) is 0 Å². The lowest BCUT2D eigenvalue weighted by Gasteiger charge is -2.22. The standard InChI is InChI=1S/C22H24FN3O2/c23-19-10-8-18(9-11-19)22(28)25-24-21(27)14-7-17-5-12-20(13-6-17)26-15-3-1-2-4-16-26/h5-14H,1-4,15-16H2,(H,24,27)(H,25,28)/b14-7+. The van der Waals surface area contributed by atoms with Crippen molar-refractivity contribution in [3.05, 3.63) is 71.6 Å². The summed E-state index contributed by atoms with van der Waals surface area (Å²) in [5.41, 5.74) is 6.97. The van der Waals surface area contributed by atoms with E-state index in [0.717, 1.165) is 18.7 Å². The number of hydrogen-bond acceptors (Lipinski definition) is 3.